The Morgan fingerprint density at radius 2 is 2.50 bits per heavy atom. The minimum atomic E-state index is -0.0567. The molecule has 3 heteroatoms. The molecule has 0 aromatic carbocycles. The van der Waals surface area contributed by atoms with Crippen LogP contribution < -0.4 is 5.73 Å². The van der Waals surface area contributed by atoms with Gasteiger partial charge >= 0.3 is 0 Å². The predicted octanol–water partition coefficient (Wildman–Crippen LogP) is 2.05. The van der Waals surface area contributed by atoms with E-state index in [1.54, 1.807) is 11.3 Å². The summed E-state index contributed by atoms with van der Waals surface area (Å²) in [5, 5.41) is 4.10. The molecule has 0 fully saturated rings. The molecule has 0 bridgehead atoms. The van der Waals surface area contributed by atoms with Crippen LogP contribution in [-0.4, -0.2) is 6.61 Å². The molecular formula is C9H11NOS. The number of hydrogen-bond donors (Lipinski definition) is 1. The molecule has 1 aliphatic rings. The van der Waals surface area contributed by atoms with Crippen molar-refractivity contribution in [1.82, 2.24) is 0 Å². The highest BCUT2D eigenvalue weighted by Gasteiger charge is 2.16. The van der Waals surface area contributed by atoms with E-state index in [0.717, 1.165) is 24.4 Å². The van der Waals surface area contributed by atoms with Crippen LogP contribution in [-0.2, 0) is 4.74 Å². The van der Waals surface area contributed by atoms with Gasteiger partial charge in [-0.1, -0.05) is 0 Å². The van der Waals surface area contributed by atoms with E-state index in [-0.39, 0.29) is 6.04 Å². The zero-order chi connectivity index (χ0) is 8.39. The zero-order valence-corrected chi connectivity index (χ0v) is 7.51. The Labute approximate surface area is 75.7 Å². The normalized spacial score (nSPS) is 18.6. The molecule has 2 rings (SSSR count). The standard InChI is InChI=1S/C9H11NOS/c10-9(7-3-5-12-6-7)8-2-1-4-11-8/h2-3,5-6,9H,1,4,10H2. The maximum absolute atomic E-state index is 5.96. The van der Waals surface area contributed by atoms with Crippen LogP contribution in [0.25, 0.3) is 0 Å². The minimum absolute atomic E-state index is 0.0567. The Bertz CT molecular complexity index is 279. The van der Waals surface area contributed by atoms with Gasteiger partial charge in [0.25, 0.3) is 0 Å². The molecule has 64 valence electrons. The summed E-state index contributed by atoms with van der Waals surface area (Å²) in [6.45, 7) is 0.785. The van der Waals surface area contributed by atoms with E-state index in [9.17, 15) is 0 Å². The number of thiophene rings is 1. The van der Waals surface area contributed by atoms with E-state index in [2.05, 4.69) is 11.5 Å². The van der Waals surface area contributed by atoms with Gasteiger partial charge in [-0.2, -0.15) is 11.3 Å². The van der Waals surface area contributed by atoms with Gasteiger partial charge in [0.2, 0.25) is 0 Å². The molecule has 2 heterocycles. The van der Waals surface area contributed by atoms with Gasteiger partial charge in [-0.25, -0.2) is 0 Å². The van der Waals surface area contributed by atoms with Gasteiger partial charge < -0.3 is 10.5 Å². The van der Waals surface area contributed by atoms with Crippen molar-refractivity contribution in [3.8, 4) is 0 Å². The third kappa shape index (κ3) is 1.38. The monoisotopic (exact) mass is 181 g/mol. The van der Waals surface area contributed by atoms with E-state index in [1.807, 2.05) is 11.4 Å². The molecular weight excluding hydrogens is 170 g/mol. The Hall–Kier alpha value is -0.800. The van der Waals surface area contributed by atoms with Crippen LogP contribution in [0.15, 0.2) is 28.7 Å². The molecule has 2 nitrogen and oxygen atoms in total. The summed E-state index contributed by atoms with van der Waals surface area (Å²) in [6, 6.07) is 1.98. The molecule has 1 atom stereocenters. The summed E-state index contributed by atoms with van der Waals surface area (Å²) >= 11 is 1.66. The van der Waals surface area contributed by atoms with Crippen LogP contribution >= 0.6 is 11.3 Å². The molecule has 1 unspecified atom stereocenters. The summed E-state index contributed by atoms with van der Waals surface area (Å²) in [6.07, 6.45) is 3.06. The third-order valence-electron chi connectivity index (χ3n) is 1.94. The number of ether oxygens (including phenoxy) is 1. The molecule has 1 aromatic heterocycles. The molecule has 0 saturated carbocycles. The predicted molar refractivity (Wildman–Crippen MR) is 49.9 cm³/mol. The fourth-order valence-electron chi connectivity index (χ4n) is 1.27. The second kappa shape index (κ2) is 3.29. The van der Waals surface area contributed by atoms with Gasteiger partial charge in [0.05, 0.1) is 12.6 Å². The highest BCUT2D eigenvalue weighted by atomic mass is 32.1. The summed E-state index contributed by atoms with van der Waals surface area (Å²) in [5.74, 6) is 0.924. The molecule has 1 aromatic rings. The van der Waals surface area contributed by atoms with Crippen LogP contribution in [0.2, 0.25) is 0 Å². The average molecular weight is 181 g/mol. The van der Waals surface area contributed by atoms with Crippen molar-refractivity contribution in [2.45, 2.75) is 12.5 Å². The van der Waals surface area contributed by atoms with Crippen molar-refractivity contribution in [3.05, 3.63) is 34.2 Å². The molecule has 0 saturated heterocycles. The lowest BCUT2D eigenvalue weighted by Crippen LogP contribution is -2.12. The number of nitrogens with two attached hydrogens (primary N) is 1. The first kappa shape index (κ1) is 7.83. The second-order valence-electron chi connectivity index (χ2n) is 2.78. The van der Waals surface area contributed by atoms with Crippen molar-refractivity contribution in [1.29, 1.82) is 0 Å². The lowest BCUT2D eigenvalue weighted by Gasteiger charge is -2.10. The van der Waals surface area contributed by atoms with E-state index >= 15 is 0 Å². The smallest absolute Gasteiger partial charge is 0.113 e. The van der Waals surface area contributed by atoms with Gasteiger partial charge in [-0.15, -0.1) is 0 Å². The van der Waals surface area contributed by atoms with Gasteiger partial charge in [-0.3, -0.25) is 0 Å². The van der Waals surface area contributed by atoms with Gasteiger partial charge in [0.1, 0.15) is 5.76 Å². The largest absolute Gasteiger partial charge is 0.496 e. The Balaban J connectivity index is 2.14. The van der Waals surface area contributed by atoms with Crippen molar-refractivity contribution < 1.29 is 4.74 Å². The first-order valence-electron chi connectivity index (χ1n) is 3.98. The van der Waals surface area contributed by atoms with E-state index < -0.39 is 0 Å². The van der Waals surface area contributed by atoms with Gasteiger partial charge in [0.15, 0.2) is 0 Å². The maximum Gasteiger partial charge on any atom is 0.113 e. The molecule has 0 aliphatic carbocycles. The SMILES string of the molecule is NC(C1=CCCO1)c1ccsc1. The van der Waals surface area contributed by atoms with Crippen LogP contribution in [0, 0.1) is 0 Å². The van der Waals surface area contributed by atoms with Crippen LogP contribution in [0.3, 0.4) is 0 Å². The molecule has 0 radical (unpaired) electrons. The van der Waals surface area contributed by atoms with E-state index in [4.69, 9.17) is 10.5 Å². The van der Waals surface area contributed by atoms with Gasteiger partial charge in [0, 0.05) is 6.42 Å². The minimum Gasteiger partial charge on any atom is -0.496 e. The number of rotatable bonds is 2. The highest BCUT2D eigenvalue weighted by molar-refractivity contribution is 7.07. The summed E-state index contributed by atoms with van der Waals surface area (Å²) in [5.41, 5.74) is 7.10. The molecule has 12 heavy (non-hydrogen) atoms. The Kier molecular flexibility index (Phi) is 2.15. The number of hydrogen-bond acceptors (Lipinski definition) is 3. The third-order valence-corrected chi connectivity index (χ3v) is 2.64. The van der Waals surface area contributed by atoms with Crippen molar-refractivity contribution >= 4 is 11.3 Å². The quantitative estimate of drug-likeness (QED) is 0.758. The fourth-order valence-corrected chi connectivity index (χ4v) is 1.97. The van der Waals surface area contributed by atoms with Crippen molar-refractivity contribution in [3.63, 3.8) is 0 Å². The second-order valence-corrected chi connectivity index (χ2v) is 3.56. The molecule has 0 amide bonds. The van der Waals surface area contributed by atoms with E-state index in [1.165, 1.54) is 0 Å². The lowest BCUT2D eigenvalue weighted by atomic mass is 10.1. The highest BCUT2D eigenvalue weighted by Crippen LogP contribution is 2.25. The van der Waals surface area contributed by atoms with Crippen LogP contribution in [0.1, 0.15) is 18.0 Å². The summed E-state index contributed by atoms with van der Waals surface area (Å²) < 4.78 is 5.38. The van der Waals surface area contributed by atoms with Crippen LogP contribution in [0.4, 0.5) is 0 Å². The molecule has 0 spiro atoms. The average Bonchev–Trinajstić information content (AvgIpc) is 2.77. The summed E-state index contributed by atoms with van der Waals surface area (Å²) in [4.78, 5) is 0. The first-order valence-corrected chi connectivity index (χ1v) is 4.93. The van der Waals surface area contributed by atoms with Crippen molar-refractivity contribution in [2.75, 3.05) is 6.61 Å². The first-order chi connectivity index (χ1) is 5.88. The zero-order valence-electron chi connectivity index (χ0n) is 6.69. The Morgan fingerprint density at radius 3 is 3.08 bits per heavy atom. The maximum atomic E-state index is 5.96. The fraction of sp³-hybridized carbons (Fsp3) is 0.333. The lowest BCUT2D eigenvalue weighted by molar-refractivity contribution is 0.225. The molecule has 2 N–H and O–H groups in total. The van der Waals surface area contributed by atoms with E-state index in [0.29, 0.717) is 0 Å². The molecule has 1 aliphatic heterocycles. The van der Waals surface area contributed by atoms with Crippen LogP contribution in [0.5, 0.6) is 0 Å². The van der Waals surface area contributed by atoms with Gasteiger partial charge in [-0.05, 0) is 28.5 Å². The topological polar surface area (TPSA) is 35.2 Å². The van der Waals surface area contributed by atoms with Crippen molar-refractivity contribution in [2.24, 2.45) is 5.73 Å². The summed E-state index contributed by atoms with van der Waals surface area (Å²) in [7, 11) is 0. The Morgan fingerprint density at radius 1 is 1.58 bits per heavy atom.